The Hall–Kier alpha value is -1.56. The van der Waals surface area contributed by atoms with E-state index in [0.29, 0.717) is 4.08 Å². The third-order valence-electron chi connectivity index (χ3n) is 1.02. The first-order valence-corrected chi connectivity index (χ1v) is 4.61. The Morgan fingerprint density at radius 2 is 1.00 bits per heavy atom. The normalized spacial score (nSPS) is 4.79. The van der Waals surface area contributed by atoms with Crippen molar-refractivity contribution in [3.05, 3.63) is 69.1 Å². The third-order valence-corrected chi connectivity index (χ3v) is 1.60. The summed E-state index contributed by atoms with van der Waals surface area (Å²) in [6.45, 7) is 22.5. The van der Waals surface area contributed by atoms with Gasteiger partial charge in [-0.2, -0.15) is 0 Å². The minimum absolute atomic E-state index is 0.381. The predicted molar refractivity (Wildman–Crippen MR) is 52.1 cm³/mol. The van der Waals surface area contributed by atoms with Crippen LogP contribution >= 0.6 is 0 Å². The van der Waals surface area contributed by atoms with E-state index in [1.807, 2.05) is 30.3 Å². The fourth-order valence-corrected chi connectivity index (χ4v) is 0.915. The fraction of sp³-hybridized carbons (Fsp3) is 0. The molecule has 0 aromatic heterocycles. The first-order valence-electron chi connectivity index (χ1n) is 3.61. The summed E-state index contributed by atoms with van der Waals surface area (Å²) >= 11 is 1.61. The Bertz CT molecular complexity index is 353. The van der Waals surface area contributed by atoms with Crippen molar-refractivity contribution in [3.63, 3.8) is 0 Å². The Morgan fingerprint density at radius 3 is 1.16 bits per heavy atom. The maximum absolute atomic E-state index is 8.94. The van der Waals surface area contributed by atoms with Gasteiger partial charge in [0.2, 0.25) is 0 Å². The summed E-state index contributed by atoms with van der Waals surface area (Å²) in [5.74, 6) is 0. The number of aliphatic hydroxyl groups excluding tert-OH is 1. The number of benzene rings is 1. The van der Waals surface area contributed by atoms with Gasteiger partial charge in [-0.25, -0.2) is 0 Å². The molecule has 1 aromatic rings. The molecule has 96 valence electrons. The first kappa shape index (κ1) is 30.5. The summed E-state index contributed by atoms with van der Waals surface area (Å²) in [5, 5.41) is 8.94. The molecule has 0 atom stereocenters. The van der Waals surface area contributed by atoms with Gasteiger partial charge in [0.25, 0.3) is 0 Å². The van der Waals surface area contributed by atoms with Gasteiger partial charge in [0, 0.05) is 0 Å². The Morgan fingerprint density at radius 1 is 0.737 bits per heavy atom. The monoisotopic (exact) mass is 344 g/mol. The molecule has 1 N–H and O–H groups in total. The Labute approximate surface area is 121 Å². The van der Waals surface area contributed by atoms with Crippen LogP contribution in [0.3, 0.4) is 0 Å². The molecule has 1 aromatic carbocycles. The van der Waals surface area contributed by atoms with Crippen molar-refractivity contribution in [2.24, 2.45) is 0 Å². The summed E-state index contributed by atoms with van der Waals surface area (Å²) in [6.07, 6.45) is 0. The average molecular weight is 342 g/mol. The Kier molecular flexibility index (Phi) is 70.5. The van der Waals surface area contributed by atoms with E-state index in [1.54, 1.807) is 19.4 Å². The zero-order valence-electron chi connectivity index (χ0n) is 9.28. The van der Waals surface area contributed by atoms with Crippen molar-refractivity contribution in [2.45, 2.75) is 0 Å². The van der Waals surface area contributed by atoms with Crippen LogP contribution in [0, 0.1) is 33.3 Å². The van der Waals surface area contributed by atoms with Crippen LogP contribution in [0.1, 0.15) is 5.56 Å². The third kappa shape index (κ3) is 31.5. The average Bonchev–Trinajstić information content (AvgIpc) is 2.57. The second-order valence-corrected chi connectivity index (χ2v) is 2.62. The van der Waals surface area contributed by atoms with Crippen LogP contribution in [-0.2, 0) is 42.6 Å². The van der Waals surface area contributed by atoms with Crippen molar-refractivity contribution in [2.75, 3.05) is 0 Å². The fourth-order valence-electron chi connectivity index (χ4n) is 0.581. The molecule has 0 spiro atoms. The van der Waals surface area contributed by atoms with Crippen LogP contribution in [0.2, 0.25) is 0 Å². The number of rotatable bonds is 1. The molecular formula is C12H6MoO6. The molecule has 19 heavy (non-hydrogen) atoms. The van der Waals surface area contributed by atoms with Gasteiger partial charge in [0.1, 0.15) is 0 Å². The molecule has 0 unspecified atom stereocenters. The molecule has 0 aliphatic heterocycles. The molecule has 0 aliphatic carbocycles. The number of hydrogen-bond donors (Lipinski definition) is 1. The quantitative estimate of drug-likeness (QED) is 0.455. The minimum atomic E-state index is 0.381. The molecular weight excluding hydrogens is 336 g/mol. The van der Waals surface area contributed by atoms with E-state index in [0.717, 1.165) is 5.56 Å². The number of aliphatic hydroxyl groups is 1. The molecule has 0 amide bonds. The first-order chi connectivity index (χ1) is 9.30. The molecule has 0 aliphatic rings. The predicted octanol–water partition coefficient (Wildman–Crippen LogP) is 0.896. The van der Waals surface area contributed by atoms with Crippen LogP contribution in [0.4, 0.5) is 0 Å². The summed E-state index contributed by atoms with van der Waals surface area (Å²) in [4.78, 5) is 0. The molecule has 0 saturated heterocycles. The molecule has 1 rings (SSSR count). The Balaban J connectivity index is -0.0000000557. The van der Waals surface area contributed by atoms with E-state index in [1.165, 1.54) is 0 Å². The van der Waals surface area contributed by atoms with Crippen molar-refractivity contribution >= 4 is 4.08 Å². The van der Waals surface area contributed by atoms with Gasteiger partial charge in [-0.05, 0) is 0 Å². The van der Waals surface area contributed by atoms with Gasteiger partial charge in [-0.3, -0.25) is 0 Å². The maximum atomic E-state index is 8.94. The standard InChI is InChI=1S/C7H6O.5CO.Mo/c8-6-7-4-2-1-3-5-7;5*1-2;/h1-5,8H;;;;;;. The van der Waals surface area contributed by atoms with Gasteiger partial charge in [-0.15, -0.1) is 0 Å². The molecule has 0 fully saturated rings. The summed E-state index contributed by atoms with van der Waals surface area (Å²) in [6, 6.07) is 9.47. The second-order valence-electron chi connectivity index (χ2n) is 1.67. The van der Waals surface area contributed by atoms with E-state index in [2.05, 4.69) is 33.3 Å². The molecule has 7 heteroatoms. The van der Waals surface area contributed by atoms with E-state index in [4.69, 9.17) is 28.4 Å². The van der Waals surface area contributed by atoms with Crippen LogP contribution < -0.4 is 0 Å². The van der Waals surface area contributed by atoms with Crippen LogP contribution in [0.5, 0.6) is 0 Å². The zero-order chi connectivity index (χ0) is 16.7. The van der Waals surface area contributed by atoms with E-state index in [-0.39, 0.29) is 0 Å². The van der Waals surface area contributed by atoms with Crippen molar-refractivity contribution < 1.29 is 47.7 Å². The number of hydrogen-bond acceptors (Lipinski definition) is 1. The van der Waals surface area contributed by atoms with Gasteiger partial charge < -0.3 is 0 Å². The molecule has 0 bridgehead atoms. The van der Waals surface area contributed by atoms with Crippen molar-refractivity contribution in [1.82, 2.24) is 0 Å². The van der Waals surface area contributed by atoms with Crippen LogP contribution in [0.15, 0.2) is 30.3 Å². The SMILES string of the molecule is O[C](=[Mo])c1ccccc1.[C-]#[O+].[C-]#[O+].[C-]#[O+].[C-]#[O+].[C-]#[O+]. The van der Waals surface area contributed by atoms with Crippen LogP contribution in [0.25, 0.3) is 0 Å². The van der Waals surface area contributed by atoms with E-state index >= 15 is 0 Å². The van der Waals surface area contributed by atoms with E-state index < -0.39 is 0 Å². The van der Waals surface area contributed by atoms with Crippen LogP contribution in [-0.4, -0.2) is 9.19 Å². The molecule has 0 heterocycles. The zero-order valence-corrected chi connectivity index (χ0v) is 11.3. The van der Waals surface area contributed by atoms with Gasteiger partial charge in [0.15, 0.2) is 0 Å². The summed E-state index contributed by atoms with van der Waals surface area (Å²) in [7, 11) is 0. The molecule has 0 saturated carbocycles. The van der Waals surface area contributed by atoms with Crippen molar-refractivity contribution in [3.8, 4) is 0 Å². The molecule has 0 radical (unpaired) electrons. The van der Waals surface area contributed by atoms with Crippen molar-refractivity contribution in [1.29, 1.82) is 0 Å². The van der Waals surface area contributed by atoms with Gasteiger partial charge in [-0.1, -0.05) is 0 Å². The summed E-state index contributed by atoms with van der Waals surface area (Å²) in [5.41, 5.74) is 0.891. The van der Waals surface area contributed by atoms with Gasteiger partial charge in [0.05, 0.1) is 0 Å². The second kappa shape index (κ2) is 44.0. The van der Waals surface area contributed by atoms with Gasteiger partial charge >= 0.3 is 121 Å². The topological polar surface area (TPSA) is 120 Å². The molecule has 6 nitrogen and oxygen atoms in total. The summed E-state index contributed by atoms with van der Waals surface area (Å²) < 4.78 is 37.9. The van der Waals surface area contributed by atoms with E-state index in [9.17, 15) is 0 Å².